The van der Waals surface area contributed by atoms with Gasteiger partial charge in [-0.25, -0.2) is 0 Å². The van der Waals surface area contributed by atoms with Gasteiger partial charge in [0.1, 0.15) is 0 Å². The molecule has 0 radical (unpaired) electrons. The zero-order chi connectivity index (χ0) is 15.3. The van der Waals surface area contributed by atoms with Crippen molar-refractivity contribution in [3.63, 3.8) is 0 Å². The van der Waals surface area contributed by atoms with Crippen molar-refractivity contribution in [2.24, 2.45) is 0 Å². The molecular weight excluding hydrogens is 344 g/mol. The number of rotatable bonds is 7. The van der Waals surface area contributed by atoms with E-state index >= 15 is 0 Å². The molecule has 1 aromatic heterocycles. The Hall–Kier alpha value is -0.680. The first kappa shape index (κ1) is 16.7. The Kier molecular flexibility index (Phi) is 5.99. The molecule has 1 aromatic carbocycles. The summed E-state index contributed by atoms with van der Waals surface area (Å²) in [5, 5.41) is 7.23. The van der Waals surface area contributed by atoms with Gasteiger partial charge in [-0.2, -0.15) is 0 Å². The van der Waals surface area contributed by atoms with E-state index in [4.69, 9.17) is 0 Å². The molecule has 2 nitrogen and oxygen atoms in total. The number of benzene rings is 1. The first-order valence-corrected chi connectivity index (χ1v) is 8.85. The van der Waals surface area contributed by atoms with E-state index in [1.807, 2.05) is 0 Å². The summed E-state index contributed by atoms with van der Waals surface area (Å²) in [4.78, 5) is 1.36. The molecule has 2 N–H and O–H groups in total. The lowest BCUT2D eigenvalue weighted by Crippen LogP contribution is -2.48. The predicted octanol–water partition coefficient (Wildman–Crippen LogP) is 4.73. The minimum absolute atomic E-state index is 0.0454. The normalized spacial score (nSPS) is 13.3. The molecule has 4 heteroatoms. The highest BCUT2D eigenvalue weighted by molar-refractivity contribution is 9.11. The van der Waals surface area contributed by atoms with E-state index in [1.165, 1.54) is 14.2 Å². The predicted molar refractivity (Wildman–Crippen MR) is 95.8 cm³/mol. The molecule has 2 rings (SSSR count). The number of hydrogen-bond acceptors (Lipinski definition) is 3. The molecule has 0 spiro atoms. The SMILES string of the molecule is CC(NC(C)(C)CNCc1ccc(Br)s1)c1ccccc1. The third-order valence-corrected chi connectivity index (χ3v) is 5.03. The van der Waals surface area contributed by atoms with Crippen molar-refractivity contribution in [3.05, 3.63) is 56.7 Å². The minimum atomic E-state index is 0.0454. The smallest absolute Gasteiger partial charge is 0.0701 e. The highest BCUT2D eigenvalue weighted by Gasteiger charge is 2.20. The quantitative estimate of drug-likeness (QED) is 0.739. The number of halogens is 1. The Bertz CT molecular complexity index is 551. The van der Waals surface area contributed by atoms with Gasteiger partial charge in [0, 0.05) is 29.5 Å². The summed E-state index contributed by atoms with van der Waals surface area (Å²) < 4.78 is 1.19. The van der Waals surface area contributed by atoms with Gasteiger partial charge in [0.25, 0.3) is 0 Å². The van der Waals surface area contributed by atoms with Gasteiger partial charge in [-0.3, -0.25) is 0 Å². The van der Waals surface area contributed by atoms with Crippen molar-refractivity contribution < 1.29 is 0 Å². The highest BCUT2D eigenvalue weighted by atomic mass is 79.9. The molecule has 1 unspecified atom stereocenters. The van der Waals surface area contributed by atoms with Crippen molar-refractivity contribution in [2.75, 3.05) is 6.54 Å². The molecule has 114 valence electrons. The van der Waals surface area contributed by atoms with Crippen LogP contribution in [0.25, 0.3) is 0 Å². The van der Waals surface area contributed by atoms with Crippen LogP contribution >= 0.6 is 27.3 Å². The largest absolute Gasteiger partial charge is 0.310 e. The zero-order valence-corrected chi connectivity index (χ0v) is 15.2. The number of nitrogens with one attached hydrogen (secondary N) is 2. The molecule has 0 saturated carbocycles. The Labute approximate surface area is 140 Å². The molecule has 0 aliphatic heterocycles. The molecule has 0 saturated heterocycles. The topological polar surface area (TPSA) is 24.1 Å². The van der Waals surface area contributed by atoms with Gasteiger partial charge in [-0.05, 0) is 54.4 Å². The lowest BCUT2D eigenvalue weighted by atomic mass is 10.0. The van der Waals surface area contributed by atoms with Gasteiger partial charge in [-0.1, -0.05) is 30.3 Å². The maximum absolute atomic E-state index is 3.70. The molecule has 0 fully saturated rings. The third-order valence-electron chi connectivity index (χ3n) is 3.40. The second kappa shape index (κ2) is 7.54. The fourth-order valence-electron chi connectivity index (χ4n) is 2.41. The van der Waals surface area contributed by atoms with E-state index in [-0.39, 0.29) is 5.54 Å². The molecule has 0 bridgehead atoms. The van der Waals surface area contributed by atoms with Crippen molar-refractivity contribution in [1.82, 2.24) is 10.6 Å². The van der Waals surface area contributed by atoms with Crippen molar-refractivity contribution in [3.8, 4) is 0 Å². The maximum atomic E-state index is 3.70. The second-order valence-electron chi connectivity index (χ2n) is 5.97. The second-order valence-corrected chi connectivity index (χ2v) is 8.52. The lowest BCUT2D eigenvalue weighted by Gasteiger charge is -2.31. The van der Waals surface area contributed by atoms with E-state index in [0.717, 1.165) is 13.1 Å². The van der Waals surface area contributed by atoms with E-state index in [2.05, 4.69) is 89.8 Å². The maximum Gasteiger partial charge on any atom is 0.0701 e. The summed E-state index contributed by atoms with van der Waals surface area (Å²) in [5.74, 6) is 0. The number of hydrogen-bond donors (Lipinski definition) is 2. The molecule has 21 heavy (non-hydrogen) atoms. The van der Waals surface area contributed by atoms with Crippen molar-refractivity contribution >= 4 is 27.3 Å². The first-order valence-electron chi connectivity index (χ1n) is 7.24. The average molecular weight is 367 g/mol. The highest BCUT2D eigenvalue weighted by Crippen LogP contribution is 2.22. The van der Waals surface area contributed by atoms with Crippen molar-refractivity contribution in [2.45, 2.75) is 38.9 Å². The van der Waals surface area contributed by atoms with Crippen LogP contribution in [0.2, 0.25) is 0 Å². The lowest BCUT2D eigenvalue weighted by molar-refractivity contribution is 0.330. The molecule has 1 heterocycles. The molecule has 1 atom stereocenters. The van der Waals surface area contributed by atoms with E-state index < -0.39 is 0 Å². The molecule has 0 amide bonds. The number of thiophene rings is 1. The van der Waals surface area contributed by atoms with Crippen LogP contribution in [0.5, 0.6) is 0 Å². The van der Waals surface area contributed by atoms with Crippen LogP contribution < -0.4 is 10.6 Å². The van der Waals surface area contributed by atoms with Crippen LogP contribution in [0.3, 0.4) is 0 Å². The van der Waals surface area contributed by atoms with Crippen LogP contribution in [0, 0.1) is 0 Å². The summed E-state index contributed by atoms with van der Waals surface area (Å²) in [7, 11) is 0. The van der Waals surface area contributed by atoms with Crippen LogP contribution in [0.1, 0.15) is 37.3 Å². The fraction of sp³-hybridized carbons (Fsp3) is 0.412. The van der Waals surface area contributed by atoms with Crippen LogP contribution in [0.4, 0.5) is 0 Å². The van der Waals surface area contributed by atoms with Crippen LogP contribution in [-0.2, 0) is 6.54 Å². The average Bonchev–Trinajstić information content (AvgIpc) is 2.84. The Morgan fingerprint density at radius 3 is 2.48 bits per heavy atom. The molecular formula is C17H23BrN2S. The standard InChI is InChI=1S/C17H23BrN2S/c1-13(14-7-5-4-6-8-14)20-17(2,3)12-19-11-15-9-10-16(18)21-15/h4-10,13,19-20H,11-12H2,1-3H3. The summed E-state index contributed by atoms with van der Waals surface area (Å²) in [5.41, 5.74) is 1.37. The summed E-state index contributed by atoms with van der Waals surface area (Å²) in [6, 6.07) is 15.2. The Morgan fingerprint density at radius 1 is 1.14 bits per heavy atom. The molecule has 0 aliphatic rings. The third kappa shape index (κ3) is 5.55. The molecule has 0 aliphatic carbocycles. The molecule has 2 aromatic rings. The van der Waals surface area contributed by atoms with E-state index in [9.17, 15) is 0 Å². The fourth-order valence-corrected chi connectivity index (χ4v) is 3.86. The van der Waals surface area contributed by atoms with Gasteiger partial charge >= 0.3 is 0 Å². The van der Waals surface area contributed by atoms with Gasteiger partial charge in [0.2, 0.25) is 0 Å². The van der Waals surface area contributed by atoms with Crippen LogP contribution in [0.15, 0.2) is 46.3 Å². The summed E-state index contributed by atoms with van der Waals surface area (Å²) >= 11 is 5.28. The van der Waals surface area contributed by atoms with Gasteiger partial charge in [-0.15, -0.1) is 11.3 Å². The summed E-state index contributed by atoms with van der Waals surface area (Å²) in [6.45, 7) is 8.54. The van der Waals surface area contributed by atoms with Crippen molar-refractivity contribution in [1.29, 1.82) is 0 Å². The van der Waals surface area contributed by atoms with Gasteiger partial charge in [0.15, 0.2) is 0 Å². The van der Waals surface area contributed by atoms with Crippen LogP contribution in [-0.4, -0.2) is 12.1 Å². The Morgan fingerprint density at radius 2 is 1.86 bits per heavy atom. The van der Waals surface area contributed by atoms with Gasteiger partial charge < -0.3 is 10.6 Å². The van der Waals surface area contributed by atoms with E-state index in [0.29, 0.717) is 6.04 Å². The summed E-state index contributed by atoms with van der Waals surface area (Å²) in [6.07, 6.45) is 0. The zero-order valence-electron chi connectivity index (χ0n) is 12.8. The minimum Gasteiger partial charge on any atom is -0.310 e. The monoisotopic (exact) mass is 366 g/mol. The first-order chi connectivity index (χ1) is 9.96. The van der Waals surface area contributed by atoms with E-state index in [1.54, 1.807) is 11.3 Å². The van der Waals surface area contributed by atoms with Gasteiger partial charge in [0.05, 0.1) is 3.79 Å². The Balaban J connectivity index is 1.81.